The largest absolute Gasteiger partial charge is 0.305 e. The Morgan fingerprint density at radius 3 is 2.80 bits per heavy atom. The van der Waals surface area contributed by atoms with Gasteiger partial charge in [0, 0.05) is 12.6 Å². The third-order valence-corrected chi connectivity index (χ3v) is 1.31. The van der Waals surface area contributed by atoms with Crippen LogP contribution in [-0.2, 0) is 0 Å². The summed E-state index contributed by atoms with van der Waals surface area (Å²) in [6.45, 7) is 1.71. The highest BCUT2D eigenvalue weighted by Gasteiger charge is 2.34. The molecule has 1 heterocycles. The van der Waals surface area contributed by atoms with Gasteiger partial charge in [-0.05, 0) is 0 Å². The molecule has 0 radical (unpaired) electrons. The number of alkyl halides is 2. The molecule has 0 spiro atoms. The van der Waals surface area contributed by atoms with Gasteiger partial charge in [0.2, 0.25) is 0 Å². The lowest BCUT2D eigenvalue weighted by Gasteiger charge is -2.09. The summed E-state index contributed by atoms with van der Waals surface area (Å²) in [5.41, 5.74) is 0. The van der Waals surface area contributed by atoms with E-state index in [1.165, 1.54) is 13.1 Å². The van der Waals surface area contributed by atoms with Gasteiger partial charge in [-0.1, -0.05) is 6.92 Å². The van der Waals surface area contributed by atoms with Gasteiger partial charge in [-0.2, -0.15) is 8.78 Å². The maximum absolute atomic E-state index is 12.6. The standard InChI is InChI=1S/C6H8F2N2/c1-2-6(7,8)5-9-3-4-10-5/h3H,2,4H2,1H3. The molecule has 0 fully saturated rings. The van der Waals surface area contributed by atoms with Gasteiger partial charge < -0.3 is 0 Å². The van der Waals surface area contributed by atoms with Crippen LogP contribution in [0.15, 0.2) is 9.98 Å². The Morgan fingerprint density at radius 2 is 2.40 bits per heavy atom. The SMILES string of the molecule is CCC(F)(F)C1=NCC=N1. The van der Waals surface area contributed by atoms with Crippen molar-refractivity contribution in [2.24, 2.45) is 9.98 Å². The van der Waals surface area contributed by atoms with Crippen LogP contribution >= 0.6 is 0 Å². The topological polar surface area (TPSA) is 24.7 Å². The molecular weight excluding hydrogens is 138 g/mol. The van der Waals surface area contributed by atoms with Gasteiger partial charge in [0.25, 0.3) is 0 Å². The normalized spacial score (nSPS) is 17.7. The van der Waals surface area contributed by atoms with Crippen molar-refractivity contribution in [3.8, 4) is 0 Å². The van der Waals surface area contributed by atoms with Crippen LogP contribution in [-0.4, -0.2) is 24.5 Å². The highest BCUT2D eigenvalue weighted by atomic mass is 19.3. The first-order valence-corrected chi connectivity index (χ1v) is 3.12. The van der Waals surface area contributed by atoms with E-state index in [0.29, 0.717) is 6.54 Å². The zero-order valence-electron chi connectivity index (χ0n) is 5.64. The van der Waals surface area contributed by atoms with Gasteiger partial charge in [-0.3, -0.25) is 4.99 Å². The van der Waals surface area contributed by atoms with Crippen molar-refractivity contribution in [3.63, 3.8) is 0 Å². The third-order valence-electron chi connectivity index (χ3n) is 1.31. The Kier molecular flexibility index (Phi) is 1.78. The van der Waals surface area contributed by atoms with Crippen LogP contribution in [0.1, 0.15) is 13.3 Å². The monoisotopic (exact) mass is 146 g/mol. The zero-order chi connectivity index (χ0) is 7.61. The molecule has 0 aromatic heterocycles. The molecule has 4 heteroatoms. The number of rotatable bonds is 2. The molecule has 10 heavy (non-hydrogen) atoms. The van der Waals surface area contributed by atoms with Crippen molar-refractivity contribution in [1.82, 2.24) is 0 Å². The molecule has 0 atom stereocenters. The van der Waals surface area contributed by atoms with E-state index >= 15 is 0 Å². The maximum atomic E-state index is 12.6. The molecule has 0 saturated heterocycles. The Bertz CT molecular complexity index is 184. The van der Waals surface area contributed by atoms with E-state index in [1.54, 1.807) is 0 Å². The van der Waals surface area contributed by atoms with Gasteiger partial charge >= 0.3 is 5.92 Å². The molecule has 0 amide bonds. The molecule has 1 aliphatic rings. The minimum absolute atomic E-state index is 0.233. The quantitative estimate of drug-likeness (QED) is 0.564. The zero-order valence-corrected chi connectivity index (χ0v) is 5.64. The first kappa shape index (κ1) is 7.31. The van der Waals surface area contributed by atoms with Crippen LogP contribution in [0.2, 0.25) is 0 Å². The Morgan fingerprint density at radius 1 is 1.70 bits per heavy atom. The van der Waals surface area contributed by atoms with E-state index in [1.807, 2.05) is 0 Å². The van der Waals surface area contributed by atoms with Crippen LogP contribution in [0.3, 0.4) is 0 Å². The van der Waals surface area contributed by atoms with Crippen LogP contribution < -0.4 is 0 Å². The molecule has 56 valence electrons. The fourth-order valence-corrected chi connectivity index (χ4v) is 0.664. The highest BCUT2D eigenvalue weighted by molar-refractivity contribution is 5.98. The number of halogens is 2. The number of nitrogens with zero attached hydrogens (tertiary/aromatic N) is 2. The van der Waals surface area contributed by atoms with Crippen LogP contribution in [0.4, 0.5) is 8.78 Å². The lowest BCUT2D eigenvalue weighted by molar-refractivity contribution is 0.0727. The molecule has 1 aliphatic heterocycles. The van der Waals surface area contributed by atoms with E-state index < -0.39 is 5.92 Å². The van der Waals surface area contributed by atoms with Crippen molar-refractivity contribution < 1.29 is 8.78 Å². The molecule has 0 bridgehead atoms. The van der Waals surface area contributed by atoms with Gasteiger partial charge in [-0.15, -0.1) is 0 Å². The summed E-state index contributed by atoms with van der Waals surface area (Å²) in [5, 5.41) is 0. The van der Waals surface area contributed by atoms with E-state index in [0.717, 1.165) is 0 Å². The van der Waals surface area contributed by atoms with Crippen molar-refractivity contribution >= 4 is 12.1 Å². The molecule has 0 aliphatic carbocycles. The summed E-state index contributed by atoms with van der Waals surface area (Å²) in [6, 6.07) is 0. The Hall–Kier alpha value is -0.800. The number of hydrogen-bond donors (Lipinski definition) is 0. The second-order valence-electron chi connectivity index (χ2n) is 2.03. The maximum Gasteiger partial charge on any atom is 0.305 e. The molecule has 0 saturated carbocycles. The average Bonchev–Trinajstić information content (AvgIpc) is 2.38. The number of hydrogen-bond acceptors (Lipinski definition) is 2. The third kappa shape index (κ3) is 1.20. The van der Waals surface area contributed by atoms with Crippen LogP contribution in [0, 0.1) is 0 Å². The van der Waals surface area contributed by atoms with E-state index in [4.69, 9.17) is 0 Å². The summed E-state index contributed by atoms with van der Waals surface area (Å²) < 4.78 is 25.2. The first-order chi connectivity index (χ1) is 4.67. The van der Waals surface area contributed by atoms with E-state index in [-0.39, 0.29) is 12.3 Å². The van der Waals surface area contributed by atoms with Crippen molar-refractivity contribution in [1.29, 1.82) is 0 Å². The summed E-state index contributed by atoms with van der Waals surface area (Å²) in [4.78, 5) is 6.98. The van der Waals surface area contributed by atoms with Gasteiger partial charge in [-0.25, -0.2) is 4.99 Å². The molecule has 2 nitrogen and oxygen atoms in total. The Labute approximate surface area is 57.7 Å². The minimum atomic E-state index is -2.83. The minimum Gasteiger partial charge on any atom is -0.259 e. The summed E-state index contributed by atoms with van der Waals surface area (Å²) in [5.74, 6) is -3.15. The van der Waals surface area contributed by atoms with E-state index in [9.17, 15) is 8.78 Å². The van der Waals surface area contributed by atoms with E-state index in [2.05, 4.69) is 9.98 Å². The average molecular weight is 146 g/mol. The highest BCUT2D eigenvalue weighted by Crippen LogP contribution is 2.21. The fraction of sp³-hybridized carbons (Fsp3) is 0.667. The van der Waals surface area contributed by atoms with Crippen molar-refractivity contribution in [3.05, 3.63) is 0 Å². The first-order valence-electron chi connectivity index (χ1n) is 3.12. The lowest BCUT2D eigenvalue weighted by atomic mass is 10.2. The summed E-state index contributed by atoms with van der Waals surface area (Å²) in [7, 11) is 0. The van der Waals surface area contributed by atoms with Crippen molar-refractivity contribution in [2.75, 3.05) is 6.54 Å². The van der Waals surface area contributed by atoms with Gasteiger partial charge in [0.05, 0.1) is 6.54 Å². The molecule has 0 aromatic rings. The van der Waals surface area contributed by atoms with Crippen molar-refractivity contribution in [2.45, 2.75) is 19.3 Å². The second kappa shape index (κ2) is 2.44. The molecule has 0 N–H and O–H groups in total. The predicted molar refractivity (Wildman–Crippen MR) is 36.0 cm³/mol. The molecule has 1 rings (SSSR count). The smallest absolute Gasteiger partial charge is 0.259 e. The lowest BCUT2D eigenvalue weighted by Crippen LogP contribution is -2.24. The van der Waals surface area contributed by atoms with Crippen LogP contribution in [0.25, 0.3) is 0 Å². The summed E-state index contributed by atoms with van der Waals surface area (Å²) in [6.07, 6.45) is 1.15. The predicted octanol–water partition coefficient (Wildman–Crippen LogP) is 1.51. The molecule has 0 unspecified atom stereocenters. The van der Waals surface area contributed by atoms with Gasteiger partial charge in [0.15, 0.2) is 5.84 Å². The number of amidine groups is 1. The molecular formula is C6H8F2N2. The Balaban J connectivity index is 2.72. The molecule has 0 aromatic carbocycles. The summed E-state index contributed by atoms with van der Waals surface area (Å²) >= 11 is 0. The number of aliphatic imine (C=N–C) groups is 2. The van der Waals surface area contributed by atoms with Crippen LogP contribution in [0.5, 0.6) is 0 Å². The van der Waals surface area contributed by atoms with Gasteiger partial charge in [0.1, 0.15) is 0 Å². The fourth-order valence-electron chi connectivity index (χ4n) is 0.664. The second-order valence-corrected chi connectivity index (χ2v) is 2.03.